The number of para-hydroxylation sites is 1. The Morgan fingerprint density at radius 3 is 2.65 bits per heavy atom. The molecule has 1 amide bonds. The van der Waals surface area contributed by atoms with E-state index in [0.717, 1.165) is 5.56 Å². The average Bonchev–Trinajstić information content (AvgIpc) is 2.57. The van der Waals surface area contributed by atoms with Crippen molar-refractivity contribution in [3.8, 4) is 11.5 Å². The highest BCUT2D eigenvalue weighted by molar-refractivity contribution is 5.96. The Hall–Kier alpha value is -2.54. The zero-order valence-electron chi connectivity index (χ0n) is 14.4. The first-order valence-corrected chi connectivity index (χ1v) is 7.76. The number of anilines is 1. The summed E-state index contributed by atoms with van der Waals surface area (Å²) in [5.41, 5.74) is 7.75. The van der Waals surface area contributed by atoms with E-state index in [2.05, 4.69) is 10.1 Å². The summed E-state index contributed by atoms with van der Waals surface area (Å²) in [7, 11) is 0. The lowest BCUT2D eigenvalue weighted by Gasteiger charge is -2.16. The summed E-state index contributed by atoms with van der Waals surface area (Å²) in [5, 5.41) is 2.69. The molecule has 0 unspecified atom stereocenters. The second-order valence-corrected chi connectivity index (χ2v) is 5.31. The van der Waals surface area contributed by atoms with Gasteiger partial charge in [-0.05, 0) is 37.6 Å². The number of nitrogens with one attached hydrogen (secondary N) is 1. The van der Waals surface area contributed by atoms with E-state index in [1.807, 2.05) is 0 Å². The van der Waals surface area contributed by atoms with Gasteiger partial charge in [0.25, 0.3) is 5.91 Å². The maximum atomic E-state index is 12.7. The lowest BCUT2D eigenvalue weighted by molar-refractivity contribution is -0.0520. The van der Waals surface area contributed by atoms with Crippen LogP contribution < -0.4 is 20.5 Å². The van der Waals surface area contributed by atoms with Crippen molar-refractivity contribution in [2.75, 3.05) is 12.3 Å². The third kappa shape index (κ3) is 5.49. The SMILES string of the molecule is CCOc1cccc(CNC(=O)c2cc(N)ccc2C)c1OC(F)F.Cl. The van der Waals surface area contributed by atoms with Crippen molar-refractivity contribution < 1.29 is 23.0 Å². The van der Waals surface area contributed by atoms with Gasteiger partial charge >= 0.3 is 6.61 Å². The van der Waals surface area contributed by atoms with Gasteiger partial charge in [-0.3, -0.25) is 4.79 Å². The fraction of sp³-hybridized carbons (Fsp3) is 0.278. The van der Waals surface area contributed by atoms with E-state index >= 15 is 0 Å². The number of rotatable bonds is 7. The lowest BCUT2D eigenvalue weighted by atomic mass is 10.1. The van der Waals surface area contributed by atoms with Gasteiger partial charge in [0, 0.05) is 23.4 Å². The fourth-order valence-electron chi connectivity index (χ4n) is 2.35. The summed E-state index contributed by atoms with van der Waals surface area (Å²) >= 11 is 0. The Labute approximate surface area is 156 Å². The van der Waals surface area contributed by atoms with Gasteiger partial charge < -0.3 is 20.5 Å². The molecule has 0 radical (unpaired) electrons. The Morgan fingerprint density at radius 1 is 1.27 bits per heavy atom. The maximum absolute atomic E-state index is 12.7. The highest BCUT2D eigenvalue weighted by Gasteiger charge is 2.17. The van der Waals surface area contributed by atoms with E-state index in [0.29, 0.717) is 23.4 Å². The zero-order valence-corrected chi connectivity index (χ0v) is 15.2. The van der Waals surface area contributed by atoms with Gasteiger partial charge in [-0.1, -0.05) is 18.2 Å². The molecule has 3 N–H and O–H groups in total. The molecule has 0 aliphatic carbocycles. The van der Waals surface area contributed by atoms with E-state index in [1.165, 1.54) is 6.07 Å². The normalized spacial score (nSPS) is 10.2. The highest BCUT2D eigenvalue weighted by atomic mass is 35.5. The Bertz CT molecular complexity index is 757. The molecule has 0 atom stereocenters. The number of carbonyl (C=O) groups excluding carboxylic acids is 1. The van der Waals surface area contributed by atoms with Crippen LogP contribution in [-0.2, 0) is 6.54 Å². The lowest BCUT2D eigenvalue weighted by Crippen LogP contribution is -2.24. The van der Waals surface area contributed by atoms with Gasteiger partial charge in [0.05, 0.1) is 6.61 Å². The topological polar surface area (TPSA) is 73.6 Å². The minimum atomic E-state index is -2.99. The number of nitrogen functional groups attached to an aromatic ring is 1. The summed E-state index contributed by atoms with van der Waals surface area (Å²) in [5.74, 6) is -0.228. The summed E-state index contributed by atoms with van der Waals surface area (Å²) in [6, 6.07) is 9.78. The minimum absolute atomic E-state index is 0. The average molecular weight is 387 g/mol. The van der Waals surface area contributed by atoms with E-state index < -0.39 is 6.61 Å². The third-order valence-electron chi connectivity index (χ3n) is 3.51. The molecular weight excluding hydrogens is 366 g/mol. The first kappa shape index (κ1) is 21.5. The summed E-state index contributed by atoms with van der Waals surface area (Å²) < 4.78 is 35.3. The van der Waals surface area contributed by atoms with Crippen molar-refractivity contribution in [2.24, 2.45) is 0 Å². The largest absolute Gasteiger partial charge is 0.490 e. The molecule has 0 heterocycles. The van der Waals surface area contributed by atoms with Gasteiger partial charge in [0.1, 0.15) is 0 Å². The number of aryl methyl sites for hydroxylation is 1. The number of alkyl halides is 2. The smallest absolute Gasteiger partial charge is 0.387 e. The van der Waals surface area contributed by atoms with Gasteiger partial charge in [0.2, 0.25) is 0 Å². The standard InChI is InChI=1S/C18H20F2N2O3.ClH/c1-3-24-15-6-4-5-12(16(15)25-18(19)20)10-22-17(23)14-9-13(21)8-7-11(14)2;/h4-9,18H,3,10,21H2,1-2H3,(H,22,23);1H. The Balaban J connectivity index is 0.00000338. The second kappa shape index (κ2) is 9.82. The molecule has 0 aromatic heterocycles. The molecule has 8 heteroatoms. The first-order valence-electron chi connectivity index (χ1n) is 7.76. The van der Waals surface area contributed by atoms with Gasteiger partial charge in [-0.25, -0.2) is 0 Å². The Morgan fingerprint density at radius 2 is 2.00 bits per heavy atom. The second-order valence-electron chi connectivity index (χ2n) is 5.31. The van der Waals surface area contributed by atoms with Crippen molar-refractivity contribution in [3.63, 3.8) is 0 Å². The van der Waals surface area contributed by atoms with Gasteiger partial charge in [-0.2, -0.15) is 8.78 Å². The van der Waals surface area contributed by atoms with E-state index in [-0.39, 0.29) is 36.4 Å². The number of carbonyl (C=O) groups is 1. The number of benzene rings is 2. The van der Waals surface area contributed by atoms with Gasteiger partial charge in [0.15, 0.2) is 11.5 Å². The van der Waals surface area contributed by atoms with Crippen LogP contribution in [0, 0.1) is 6.92 Å². The molecule has 0 aliphatic rings. The maximum Gasteiger partial charge on any atom is 0.387 e. The molecule has 0 fully saturated rings. The van der Waals surface area contributed by atoms with Crippen molar-refractivity contribution in [1.82, 2.24) is 5.32 Å². The predicted octanol–water partition coefficient (Wildman–Crippen LogP) is 3.93. The predicted molar refractivity (Wildman–Crippen MR) is 98.3 cm³/mol. The monoisotopic (exact) mass is 386 g/mol. The number of ether oxygens (including phenoxy) is 2. The number of hydrogen-bond acceptors (Lipinski definition) is 4. The van der Waals surface area contributed by atoms with Crippen molar-refractivity contribution in [1.29, 1.82) is 0 Å². The van der Waals surface area contributed by atoms with E-state index in [1.54, 1.807) is 44.2 Å². The Kier molecular flexibility index (Phi) is 8.12. The molecule has 0 bridgehead atoms. The van der Waals surface area contributed by atoms with Crippen LogP contribution in [0.4, 0.5) is 14.5 Å². The summed E-state index contributed by atoms with van der Waals surface area (Å²) in [6.07, 6.45) is 0. The molecule has 26 heavy (non-hydrogen) atoms. The quantitative estimate of drug-likeness (QED) is 0.707. The molecule has 5 nitrogen and oxygen atoms in total. The first-order chi connectivity index (χ1) is 11.9. The van der Waals surface area contributed by atoms with Crippen LogP contribution in [0.25, 0.3) is 0 Å². The number of halogens is 3. The van der Waals surface area contributed by atoms with Crippen LogP contribution in [0.3, 0.4) is 0 Å². The molecule has 2 aromatic carbocycles. The molecule has 0 saturated carbocycles. The van der Waals surface area contributed by atoms with E-state index in [9.17, 15) is 13.6 Å². The van der Waals surface area contributed by atoms with E-state index in [4.69, 9.17) is 10.5 Å². The molecule has 0 spiro atoms. The molecule has 0 aliphatic heterocycles. The fourth-order valence-corrected chi connectivity index (χ4v) is 2.35. The molecular formula is C18H21ClF2N2O3. The summed E-state index contributed by atoms with van der Waals surface area (Å²) in [6.45, 7) is 0.846. The number of hydrogen-bond donors (Lipinski definition) is 2. The minimum Gasteiger partial charge on any atom is -0.490 e. The van der Waals surface area contributed by atoms with Crippen molar-refractivity contribution in [3.05, 3.63) is 53.1 Å². The zero-order chi connectivity index (χ0) is 18.4. The van der Waals surface area contributed by atoms with Crippen molar-refractivity contribution >= 4 is 24.0 Å². The third-order valence-corrected chi connectivity index (χ3v) is 3.51. The van der Waals surface area contributed by atoms with Crippen LogP contribution in [0.1, 0.15) is 28.4 Å². The number of amides is 1. The van der Waals surface area contributed by atoms with Crippen LogP contribution in [-0.4, -0.2) is 19.1 Å². The van der Waals surface area contributed by atoms with Crippen LogP contribution in [0.5, 0.6) is 11.5 Å². The number of nitrogens with two attached hydrogens (primary N) is 1. The van der Waals surface area contributed by atoms with Crippen molar-refractivity contribution in [2.45, 2.75) is 27.0 Å². The molecule has 142 valence electrons. The van der Waals surface area contributed by atoms with Crippen LogP contribution >= 0.6 is 12.4 Å². The molecule has 2 aromatic rings. The molecule has 2 rings (SSSR count). The summed E-state index contributed by atoms with van der Waals surface area (Å²) in [4.78, 5) is 12.3. The van der Waals surface area contributed by atoms with Crippen LogP contribution in [0.15, 0.2) is 36.4 Å². The van der Waals surface area contributed by atoms with Gasteiger partial charge in [-0.15, -0.1) is 12.4 Å². The molecule has 0 saturated heterocycles. The highest BCUT2D eigenvalue weighted by Crippen LogP contribution is 2.32. The van der Waals surface area contributed by atoms with Crippen LogP contribution in [0.2, 0.25) is 0 Å².